The summed E-state index contributed by atoms with van der Waals surface area (Å²) >= 11 is 5.80. The molecule has 0 bridgehead atoms. The molecule has 0 aliphatic heterocycles. The first-order valence-electron chi connectivity index (χ1n) is 5.23. The van der Waals surface area contributed by atoms with Crippen LogP contribution in [0.4, 0.5) is 0 Å². The quantitative estimate of drug-likeness (QED) is 0.607. The fourth-order valence-corrected chi connectivity index (χ4v) is 1.64. The van der Waals surface area contributed by atoms with Crippen LogP contribution in [-0.4, -0.2) is 6.29 Å². The monoisotopic (exact) mass is 246 g/mol. The Hall–Kier alpha value is -1.80. The van der Waals surface area contributed by atoms with Crippen molar-refractivity contribution in [2.75, 3.05) is 0 Å². The van der Waals surface area contributed by atoms with Gasteiger partial charge in [-0.1, -0.05) is 29.8 Å². The summed E-state index contributed by atoms with van der Waals surface area (Å²) in [6.07, 6.45) is 4.90. The van der Waals surface area contributed by atoms with Gasteiger partial charge in [0.1, 0.15) is 12.0 Å². The molecule has 1 aromatic heterocycles. The Morgan fingerprint density at radius 3 is 2.59 bits per heavy atom. The molecule has 0 saturated carbocycles. The van der Waals surface area contributed by atoms with Crippen molar-refractivity contribution in [3.8, 4) is 0 Å². The Kier molecular flexibility index (Phi) is 3.78. The van der Waals surface area contributed by atoms with E-state index < -0.39 is 0 Å². The summed E-state index contributed by atoms with van der Waals surface area (Å²) in [6, 6.07) is 10.9. The zero-order valence-electron chi connectivity index (χ0n) is 9.10. The van der Waals surface area contributed by atoms with Crippen molar-refractivity contribution in [1.29, 1.82) is 0 Å². The van der Waals surface area contributed by atoms with Crippen LogP contribution in [0, 0.1) is 0 Å². The summed E-state index contributed by atoms with van der Waals surface area (Å²) in [7, 11) is 0. The minimum absolute atomic E-state index is 0.601. The van der Waals surface area contributed by atoms with Gasteiger partial charge in [-0.3, -0.25) is 4.79 Å². The van der Waals surface area contributed by atoms with Crippen LogP contribution in [0.5, 0.6) is 0 Å². The molecule has 0 fully saturated rings. The Balaban J connectivity index is 2.18. The number of halogens is 1. The second-order valence-electron chi connectivity index (χ2n) is 3.57. The number of carbonyl (C=O) groups excluding carboxylic acids is 1. The fourth-order valence-electron chi connectivity index (χ4n) is 1.52. The van der Waals surface area contributed by atoms with Gasteiger partial charge < -0.3 is 4.42 Å². The van der Waals surface area contributed by atoms with E-state index in [4.69, 9.17) is 16.0 Å². The minimum Gasteiger partial charge on any atom is -0.469 e. The van der Waals surface area contributed by atoms with Gasteiger partial charge in [-0.15, -0.1) is 0 Å². The maximum atomic E-state index is 11.0. The molecule has 2 aromatic rings. The van der Waals surface area contributed by atoms with Crippen LogP contribution >= 0.6 is 11.6 Å². The van der Waals surface area contributed by atoms with Crippen LogP contribution in [0.1, 0.15) is 11.3 Å². The summed E-state index contributed by atoms with van der Waals surface area (Å²) in [5, 5.41) is 0.657. The van der Waals surface area contributed by atoms with E-state index >= 15 is 0 Å². The van der Waals surface area contributed by atoms with Crippen molar-refractivity contribution in [2.24, 2.45) is 0 Å². The van der Waals surface area contributed by atoms with Crippen LogP contribution in [-0.2, 0) is 11.2 Å². The Morgan fingerprint density at radius 2 is 2.00 bits per heavy atom. The van der Waals surface area contributed by atoms with Crippen LogP contribution < -0.4 is 0 Å². The van der Waals surface area contributed by atoms with Crippen LogP contribution in [0.2, 0.25) is 5.02 Å². The second kappa shape index (κ2) is 5.51. The van der Waals surface area contributed by atoms with Gasteiger partial charge in [-0.25, -0.2) is 0 Å². The molecule has 0 radical (unpaired) electrons. The zero-order chi connectivity index (χ0) is 12.1. The third kappa shape index (κ3) is 3.08. The third-order valence-corrected chi connectivity index (χ3v) is 2.66. The van der Waals surface area contributed by atoms with E-state index in [9.17, 15) is 4.79 Å². The smallest absolute Gasteiger partial charge is 0.150 e. The van der Waals surface area contributed by atoms with E-state index in [0.717, 1.165) is 17.6 Å². The minimum atomic E-state index is 0.601. The second-order valence-corrected chi connectivity index (χ2v) is 4.00. The Morgan fingerprint density at radius 1 is 1.24 bits per heavy atom. The lowest BCUT2D eigenvalue weighted by molar-refractivity contribution is -0.103. The summed E-state index contributed by atoms with van der Waals surface area (Å²) < 4.78 is 5.20. The number of hydrogen-bond donors (Lipinski definition) is 0. The number of carbonyl (C=O) groups is 1. The molecule has 0 spiro atoms. The van der Waals surface area contributed by atoms with Crippen LogP contribution in [0.15, 0.2) is 53.2 Å². The van der Waals surface area contributed by atoms with Crippen LogP contribution in [0.3, 0.4) is 0 Å². The SMILES string of the molecule is O=CC(=CCc1ccco1)c1ccc(Cl)cc1. The molecule has 0 amide bonds. The molecule has 1 heterocycles. The molecule has 17 heavy (non-hydrogen) atoms. The molecule has 86 valence electrons. The summed E-state index contributed by atoms with van der Waals surface area (Å²) in [6.45, 7) is 0. The van der Waals surface area contributed by atoms with Gasteiger partial charge in [-0.05, 0) is 29.8 Å². The van der Waals surface area contributed by atoms with Gasteiger partial charge >= 0.3 is 0 Å². The maximum Gasteiger partial charge on any atom is 0.150 e. The number of allylic oxidation sites excluding steroid dienone is 2. The predicted octanol–water partition coefficient (Wildman–Crippen LogP) is 3.76. The van der Waals surface area contributed by atoms with E-state index in [1.54, 1.807) is 18.4 Å². The average molecular weight is 247 g/mol. The first kappa shape index (κ1) is 11.7. The summed E-state index contributed by atoms with van der Waals surface area (Å²) in [4.78, 5) is 11.0. The number of hydrogen-bond acceptors (Lipinski definition) is 2. The Bertz CT molecular complexity index is 510. The highest BCUT2D eigenvalue weighted by molar-refractivity contribution is 6.30. The van der Waals surface area contributed by atoms with Gasteiger partial charge in [0.25, 0.3) is 0 Å². The molecule has 0 aliphatic carbocycles. The van der Waals surface area contributed by atoms with Crippen molar-refractivity contribution in [3.63, 3.8) is 0 Å². The van der Waals surface area contributed by atoms with Crippen molar-refractivity contribution >= 4 is 23.5 Å². The lowest BCUT2D eigenvalue weighted by atomic mass is 10.1. The lowest BCUT2D eigenvalue weighted by Gasteiger charge is -2.00. The molecular weight excluding hydrogens is 236 g/mol. The molecule has 1 aromatic carbocycles. The van der Waals surface area contributed by atoms with Gasteiger partial charge in [-0.2, -0.15) is 0 Å². The van der Waals surface area contributed by atoms with Gasteiger partial charge in [0.05, 0.1) is 6.26 Å². The van der Waals surface area contributed by atoms with Gasteiger partial charge in [0.15, 0.2) is 0 Å². The highest BCUT2D eigenvalue weighted by Gasteiger charge is 2.01. The van der Waals surface area contributed by atoms with Crippen molar-refractivity contribution in [2.45, 2.75) is 6.42 Å². The fraction of sp³-hybridized carbons (Fsp3) is 0.0714. The maximum absolute atomic E-state index is 11.0. The summed E-state index contributed by atoms with van der Waals surface area (Å²) in [5.74, 6) is 0.832. The molecular formula is C14H11ClO2. The number of aldehydes is 1. The molecule has 2 nitrogen and oxygen atoms in total. The standard InChI is InChI=1S/C14H11ClO2/c15-13-6-3-11(4-7-13)12(10-16)5-8-14-2-1-9-17-14/h1-7,9-10H,8H2. The van der Waals surface area contributed by atoms with Crippen molar-refractivity contribution in [3.05, 3.63) is 65.1 Å². The van der Waals surface area contributed by atoms with E-state index in [0.29, 0.717) is 17.0 Å². The Labute approximate surface area is 105 Å². The normalized spacial score (nSPS) is 11.5. The van der Waals surface area contributed by atoms with Gasteiger partial charge in [0, 0.05) is 17.0 Å². The molecule has 0 N–H and O–H groups in total. The highest BCUT2D eigenvalue weighted by Crippen LogP contribution is 2.17. The first-order valence-corrected chi connectivity index (χ1v) is 5.61. The first-order chi connectivity index (χ1) is 8.29. The van der Waals surface area contributed by atoms with Gasteiger partial charge in [0.2, 0.25) is 0 Å². The van der Waals surface area contributed by atoms with Crippen molar-refractivity contribution in [1.82, 2.24) is 0 Å². The third-order valence-electron chi connectivity index (χ3n) is 2.41. The molecule has 0 atom stereocenters. The van der Waals surface area contributed by atoms with E-state index in [-0.39, 0.29) is 0 Å². The van der Waals surface area contributed by atoms with E-state index in [2.05, 4.69) is 0 Å². The molecule has 0 saturated heterocycles. The molecule has 0 aliphatic rings. The summed E-state index contributed by atoms with van der Waals surface area (Å²) in [5.41, 5.74) is 1.49. The number of rotatable bonds is 4. The van der Waals surface area contributed by atoms with Crippen molar-refractivity contribution < 1.29 is 9.21 Å². The molecule has 2 rings (SSSR count). The number of furan rings is 1. The van der Waals surface area contributed by atoms with Crippen LogP contribution in [0.25, 0.3) is 5.57 Å². The molecule has 0 unspecified atom stereocenters. The van der Waals surface area contributed by atoms with E-state index in [1.807, 2.05) is 30.3 Å². The predicted molar refractivity (Wildman–Crippen MR) is 67.9 cm³/mol. The number of benzene rings is 1. The topological polar surface area (TPSA) is 30.2 Å². The lowest BCUT2D eigenvalue weighted by Crippen LogP contribution is -1.87. The molecule has 3 heteroatoms. The average Bonchev–Trinajstić information content (AvgIpc) is 2.85. The largest absolute Gasteiger partial charge is 0.469 e. The highest BCUT2D eigenvalue weighted by atomic mass is 35.5. The van der Waals surface area contributed by atoms with E-state index in [1.165, 1.54) is 0 Å². The zero-order valence-corrected chi connectivity index (χ0v) is 9.85.